The normalized spacial score (nSPS) is 24.2. The average molecular weight is 478 g/mol. The van der Waals surface area contributed by atoms with Gasteiger partial charge in [-0.2, -0.15) is 5.26 Å². The summed E-state index contributed by atoms with van der Waals surface area (Å²) in [5.74, 6) is -0.764. The number of nitro groups is 1. The van der Waals surface area contributed by atoms with Crippen molar-refractivity contribution in [2.75, 3.05) is 0 Å². The number of hydrogen-bond donors (Lipinski definition) is 0. The Balaban J connectivity index is 1.75. The molecule has 33 heavy (non-hydrogen) atoms. The molecule has 3 atom stereocenters. The van der Waals surface area contributed by atoms with Crippen molar-refractivity contribution in [1.29, 1.82) is 5.26 Å². The first-order chi connectivity index (χ1) is 15.8. The lowest BCUT2D eigenvalue weighted by molar-refractivity contribution is -0.385. The minimum absolute atomic E-state index is 0.0800. The van der Waals surface area contributed by atoms with Gasteiger partial charge in [0, 0.05) is 29.5 Å². The van der Waals surface area contributed by atoms with Crippen molar-refractivity contribution in [1.82, 2.24) is 4.90 Å². The van der Waals surface area contributed by atoms with E-state index in [0.29, 0.717) is 16.7 Å². The molecule has 0 spiro atoms. The molecule has 3 unspecified atom stereocenters. The Hall–Kier alpha value is -3.40. The molecule has 1 heterocycles. The first kappa shape index (κ1) is 21.4. The number of carbonyl (C=O) groups excluding carboxylic acids is 1. The van der Waals surface area contributed by atoms with E-state index in [0.717, 1.165) is 5.56 Å². The van der Waals surface area contributed by atoms with Crippen molar-refractivity contribution < 1.29 is 9.72 Å². The van der Waals surface area contributed by atoms with Crippen molar-refractivity contribution in [2.45, 2.75) is 28.3 Å². The molecule has 0 bridgehead atoms. The summed E-state index contributed by atoms with van der Waals surface area (Å²) in [5, 5.41) is 22.4. The lowest BCUT2D eigenvalue weighted by Gasteiger charge is -2.43. The molecule has 1 aliphatic carbocycles. The van der Waals surface area contributed by atoms with Gasteiger partial charge >= 0.3 is 0 Å². The smallest absolute Gasteiger partial charge is 0.272 e. The van der Waals surface area contributed by atoms with Crippen LogP contribution in [0, 0.1) is 21.4 Å². The summed E-state index contributed by atoms with van der Waals surface area (Å²) in [5.41, 5.74) is 0.441. The first-order valence-corrected chi connectivity index (χ1v) is 11.1. The highest BCUT2D eigenvalue weighted by Crippen LogP contribution is 2.68. The maximum Gasteiger partial charge on any atom is 0.272 e. The van der Waals surface area contributed by atoms with E-state index in [1.54, 1.807) is 60.7 Å². The number of nitro benzene ring substituents is 1. The van der Waals surface area contributed by atoms with Crippen LogP contribution in [0.1, 0.15) is 33.0 Å². The van der Waals surface area contributed by atoms with Crippen molar-refractivity contribution in [2.24, 2.45) is 0 Å². The Morgan fingerprint density at radius 2 is 1.67 bits per heavy atom. The molecule has 0 radical (unpaired) electrons. The number of halogens is 2. The van der Waals surface area contributed by atoms with Gasteiger partial charge in [-0.3, -0.25) is 14.9 Å². The van der Waals surface area contributed by atoms with E-state index in [9.17, 15) is 20.2 Å². The van der Waals surface area contributed by atoms with Crippen molar-refractivity contribution in [3.8, 4) is 6.07 Å². The number of carbonyl (C=O) groups is 1. The third-order valence-corrected chi connectivity index (χ3v) is 7.42. The summed E-state index contributed by atoms with van der Waals surface area (Å²) in [7, 11) is 0. The van der Waals surface area contributed by atoms with Gasteiger partial charge in [0.15, 0.2) is 5.54 Å². The molecule has 2 aliphatic rings. The van der Waals surface area contributed by atoms with Crippen LogP contribution in [0.5, 0.6) is 0 Å². The summed E-state index contributed by atoms with van der Waals surface area (Å²) in [6.45, 7) is 0. The molecule has 3 aromatic rings. The molecule has 1 saturated carbocycles. The van der Waals surface area contributed by atoms with E-state index in [-0.39, 0.29) is 18.0 Å². The molecule has 0 N–H and O–H groups in total. The minimum atomic E-state index is -1.54. The number of nitrogens with zero attached hydrogens (tertiary/aromatic N) is 3. The van der Waals surface area contributed by atoms with Gasteiger partial charge in [-0.05, 0) is 23.3 Å². The van der Waals surface area contributed by atoms with Crippen LogP contribution in [0.25, 0.3) is 0 Å². The number of hydrogen-bond acceptors (Lipinski definition) is 4. The number of alkyl halides is 2. The number of benzene rings is 3. The molecule has 0 saturated heterocycles. The van der Waals surface area contributed by atoms with Crippen LogP contribution in [-0.2, 0) is 12.0 Å². The second-order valence-electron chi connectivity index (χ2n) is 8.26. The van der Waals surface area contributed by atoms with Gasteiger partial charge < -0.3 is 4.90 Å². The monoisotopic (exact) mass is 477 g/mol. The number of para-hydroxylation sites is 1. The second kappa shape index (κ2) is 7.58. The second-order valence-corrected chi connectivity index (χ2v) is 9.70. The van der Waals surface area contributed by atoms with Crippen LogP contribution in [-0.4, -0.2) is 26.1 Å². The highest BCUT2D eigenvalue weighted by Gasteiger charge is 2.74. The Bertz CT molecular complexity index is 1320. The lowest BCUT2D eigenvalue weighted by Crippen LogP contribution is -2.54. The predicted molar refractivity (Wildman–Crippen MR) is 124 cm³/mol. The SMILES string of the molecule is N#CC1(Cc2ccccc2[N+](=O)[O-])c2ccccc2C2C(N1C(=O)c1ccccc1)C2(Cl)Cl. The Morgan fingerprint density at radius 3 is 2.36 bits per heavy atom. The molecule has 1 amide bonds. The number of nitriles is 1. The lowest BCUT2D eigenvalue weighted by atomic mass is 9.76. The average Bonchev–Trinajstić information content (AvgIpc) is 3.40. The summed E-state index contributed by atoms with van der Waals surface area (Å²) in [4.78, 5) is 26.5. The van der Waals surface area contributed by atoms with E-state index in [1.807, 2.05) is 12.1 Å². The van der Waals surface area contributed by atoms with Gasteiger partial charge in [0.1, 0.15) is 4.33 Å². The fourth-order valence-corrected chi connectivity index (χ4v) is 5.78. The van der Waals surface area contributed by atoms with Crippen molar-refractivity contribution in [3.63, 3.8) is 0 Å². The predicted octanol–water partition coefficient (Wildman–Crippen LogP) is 5.35. The topological polar surface area (TPSA) is 87.2 Å². The fraction of sp³-hybridized carbons (Fsp3) is 0.200. The minimum Gasteiger partial charge on any atom is -0.309 e. The van der Waals surface area contributed by atoms with Crippen LogP contribution in [0.15, 0.2) is 78.9 Å². The van der Waals surface area contributed by atoms with Crippen molar-refractivity contribution in [3.05, 3.63) is 111 Å². The zero-order valence-corrected chi connectivity index (χ0v) is 18.7. The Morgan fingerprint density at radius 1 is 1.03 bits per heavy atom. The highest BCUT2D eigenvalue weighted by atomic mass is 35.5. The zero-order valence-electron chi connectivity index (χ0n) is 17.2. The van der Waals surface area contributed by atoms with Gasteiger partial charge in [-0.1, -0.05) is 83.9 Å². The van der Waals surface area contributed by atoms with Gasteiger partial charge in [0.05, 0.1) is 17.0 Å². The van der Waals surface area contributed by atoms with E-state index in [4.69, 9.17) is 23.2 Å². The summed E-state index contributed by atoms with van der Waals surface area (Å²) < 4.78 is -1.28. The Labute approximate surface area is 200 Å². The molecule has 0 aromatic heterocycles. The Kier molecular flexibility index (Phi) is 4.93. The van der Waals surface area contributed by atoms with Crippen molar-refractivity contribution >= 4 is 34.8 Å². The van der Waals surface area contributed by atoms with Crippen LogP contribution >= 0.6 is 23.2 Å². The van der Waals surface area contributed by atoms with E-state index < -0.39 is 26.7 Å². The first-order valence-electron chi connectivity index (χ1n) is 10.3. The van der Waals surface area contributed by atoms with Gasteiger partial charge in [0.25, 0.3) is 11.6 Å². The zero-order chi connectivity index (χ0) is 23.4. The van der Waals surface area contributed by atoms with Crippen LogP contribution < -0.4 is 0 Å². The van der Waals surface area contributed by atoms with E-state index >= 15 is 0 Å². The quantitative estimate of drug-likeness (QED) is 0.287. The van der Waals surface area contributed by atoms with Gasteiger partial charge in [-0.25, -0.2) is 0 Å². The molecule has 1 aliphatic heterocycles. The summed E-state index contributed by atoms with van der Waals surface area (Å²) >= 11 is 13.4. The van der Waals surface area contributed by atoms with Crippen LogP contribution in [0.3, 0.4) is 0 Å². The van der Waals surface area contributed by atoms with E-state index in [1.165, 1.54) is 11.0 Å². The number of amides is 1. The standard InChI is InChI=1S/C25H17Cl2N3O3/c26-25(27)21-18-11-5-6-12-19(18)24(15-28,14-17-10-4-7-13-20(17)30(32)33)29(22(21)25)23(31)16-8-2-1-3-9-16/h1-13,21-22H,14H2. The summed E-state index contributed by atoms with van der Waals surface area (Å²) in [6, 6.07) is 23.8. The molecule has 3 aromatic carbocycles. The largest absolute Gasteiger partial charge is 0.309 e. The fourth-order valence-electron chi connectivity index (χ4n) is 4.99. The maximum atomic E-state index is 13.8. The molecule has 164 valence electrons. The number of rotatable bonds is 4. The third-order valence-electron chi connectivity index (χ3n) is 6.51. The van der Waals surface area contributed by atoms with Crippen LogP contribution in [0.4, 0.5) is 5.69 Å². The molecular formula is C25H17Cl2N3O3. The van der Waals surface area contributed by atoms with E-state index in [2.05, 4.69) is 6.07 Å². The number of fused-ring (bicyclic) bond motifs is 3. The molecule has 5 rings (SSSR count). The van der Waals surface area contributed by atoms with Crippen LogP contribution in [0.2, 0.25) is 0 Å². The molecular weight excluding hydrogens is 461 g/mol. The van der Waals surface area contributed by atoms with Gasteiger partial charge in [-0.15, -0.1) is 0 Å². The highest BCUT2D eigenvalue weighted by molar-refractivity contribution is 6.52. The molecule has 6 nitrogen and oxygen atoms in total. The van der Waals surface area contributed by atoms with Gasteiger partial charge in [0.2, 0.25) is 0 Å². The molecule has 1 fully saturated rings. The molecule has 8 heteroatoms. The maximum absolute atomic E-state index is 13.8. The summed E-state index contributed by atoms with van der Waals surface area (Å²) in [6.07, 6.45) is -0.0800. The third kappa shape index (κ3) is 3.12.